The van der Waals surface area contributed by atoms with Gasteiger partial charge in [0.05, 0.1) is 6.10 Å². The summed E-state index contributed by atoms with van der Waals surface area (Å²) in [7, 11) is 3.39. The molecule has 7 heteroatoms. The highest BCUT2D eigenvalue weighted by Gasteiger charge is 2.05. The Balaban J connectivity index is 0.00000420. The molecular weight excluding hydrogens is 479 g/mol. The van der Waals surface area contributed by atoms with Crippen molar-refractivity contribution in [3.63, 3.8) is 0 Å². The summed E-state index contributed by atoms with van der Waals surface area (Å²) >= 11 is 0. The summed E-state index contributed by atoms with van der Waals surface area (Å²) in [5, 5.41) is 9.26. The summed E-state index contributed by atoms with van der Waals surface area (Å²) in [6, 6.07) is 15.7. The molecule has 0 aliphatic heterocycles. The smallest absolute Gasteiger partial charge is 0.251 e. The number of aliphatic imine (C=N–C) groups is 1. The highest BCUT2D eigenvalue weighted by atomic mass is 127. The average Bonchev–Trinajstić information content (AvgIpc) is 2.70. The van der Waals surface area contributed by atoms with Crippen molar-refractivity contribution in [1.29, 1.82) is 0 Å². The van der Waals surface area contributed by atoms with Crippen LogP contribution in [0.25, 0.3) is 0 Å². The molecule has 0 heterocycles. The predicted molar refractivity (Wildman–Crippen MR) is 129 cm³/mol. The summed E-state index contributed by atoms with van der Waals surface area (Å²) in [6.45, 7) is 5.40. The number of amides is 1. The van der Waals surface area contributed by atoms with E-state index >= 15 is 0 Å². The van der Waals surface area contributed by atoms with Crippen LogP contribution in [0.3, 0.4) is 0 Å². The van der Waals surface area contributed by atoms with Crippen molar-refractivity contribution in [3.8, 4) is 5.75 Å². The largest absolute Gasteiger partial charge is 0.491 e. The van der Waals surface area contributed by atoms with E-state index < -0.39 is 0 Å². The summed E-state index contributed by atoms with van der Waals surface area (Å²) in [5.74, 6) is 1.53. The molecule has 0 saturated heterocycles. The van der Waals surface area contributed by atoms with Gasteiger partial charge in [-0.25, -0.2) is 0 Å². The van der Waals surface area contributed by atoms with Crippen molar-refractivity contribution >= 4 is 35.8 Å². The number of rotatable bonds is 8. The molecular formula is C22H31IN4O2. The van der Waals surface area contributed by atoms with E-state index in [1.54, 1.807) is 14.1 Å². The minimum absolute atomic E-state index is 0. The zero-order valence-corrected chi connectivity index (χ0v) is 19.8. The van der Waals surface area contributed by atoms with Crippen molar-refractivity contribution in [2.45, 2.75) is 32.9 Å². The second-order valence-electron chi connectivity index (χ2n) is 6.70. The maximum atomic E-state index is 11.7. The molecule has 2 rings (SSSR count). The molecule has 6 nitrogen and oxygen atoms in total. The standard InChI is InChI=1S/C22H30N4O2.HI/c1-16(2)28-20-10-6-8-18(14-20)15-26-22(24-4)25-12-11-17-7-5-9-19(13-17)21(27)23-3;/h5-10,13-14,16H,11-12,15H2,1-4H3,(H,23,27)(H2,24,25,26);1H. The third kappa shape index (κ3) is 8.72. The molecule has 3 N–H and O–H groups in total. The minimum atomic E-state index is -0.0732. The lowest BCUT2D eigenvalue weighted by molar-refractivity contribution is 0.0963. The predicted octanol–water partition coefficient (Wildman–Crippen LogP) is 3.36. The van der Waals surface area contributed by atoms with Crippen molar-refractivity contribution in [3.05, 3.63) is 65.2 Å². The third-order valence-electron chi connectivity index (χ3n) is 4.08. The fourth-order valence-electron chi connectivity index (χ4n) is 2.74. The molecule has 29 heavy (non-hydrogen) atoms. The van der Waals surface area contributed by atoms with Crippen LogP contribution in [0.1, 0.15) is 35.3 Å². The summed E-state index contributed by atoms with van der Waals surface area (Å²) in [4.78, 5) is 16.0. The minimum Gasteiger partial charge on any atom is -0.491 e. The summed E-state index contributed by atoms with van der Waals surface area (Å²) in [6.07, 6.45) is 0.947. The monoisotopic (exact) mass is 510 g/mol. The van der Waals surface area contributed by atoms with Crippen molar-refractivity contribution < 1.29 is 9.53 Å². The topological polar surface area (TPSA) is 74.8 Å². The van der Waals surface area contributed by atoms with Crippen molar-refractivity contribution in [2.24, 2.45) is 4.99 Å². The number of guanidine groups is 1. The van der Waals surface area contributed by atoms with Crippen LogP contribution >= 0.6 is 24.0 Å². The second kappa shape index (κ2) is 13.0. The summed E-state index contributed by atoms with van der Waals surface area (Å²) in [5.41, 5.74) is 2.90. The molecule has 0 bridgehead atoms. The molecule has 0 radical (unpaired) electrons. The van der Waals surface area contributed by atoms with Crippen LogP contribution in [0.15, 0.2) is 53.5 Å². The highest BCUT2D eigenvalue weighted by molar-refractivity contribution is 14.0. The molecule has 0 saturated carbocycles. The van der Waals surface area contributed by atoms with Crippen LogP contribution in [-0.2, 0) is 13.0 Å². The van der Waals surface area contributed by atoms with E-state index in [1.165, 1.54) is 0 Å². The number of hydrogen-bond donors (Lipinski definition) is 3. The van der Waals surface area contributed by atoms with Crippen molar-refractivity contribution in [2.75, 3.05) is 20.6 Å². The third-order valence-corrected chi connectivity index (χ3v) is 4.08. The van der Waals surface area contributed by atoms with E-state index in [-0.39, 0.29) is 36.0 Å². The summed E-state index contributed by atoms with van der Waals surface area (Å²) < 4.78 is 5.73. The fraction of sp³-hybridized carbons (Fsp3) is 0.364. The number of halogens is 1. The van der Waals surface area contributed by atoms with Gasteiger partial charge in [-0.15, -0.1) is 24.0 Å². The molecule has 1 amide bonds. The van der Waals surface area contributed by atoms with Gasteiger partial charge < -0.3 is 20.7 Å². The molecule has 0 aliphatic rings. The zero-order valence-electron chi connectivity index (χ0n) is 17.5. The number of nitrogens with zero attached hydrogens (tertiary/aromatic N) is 1. The number of carbonyl (C=O) groups is 1. The highest BCUT2D eigenvalue weighted by Crippen LogP contribution is 2.14. The van der Waals surface area contributed by atoms with Crippen LogP contribution in [0, 0.1) is 0 Å². The molecule has 0 fully saturated rings. The lowest BCUT2D eigenvalue weighted by Crippen LogP contribution is -2.37. The molecule has 0 spiro atoms. The van der Waals surface area contributed by atoms with Gasteiger partial charge in [-0.2, -0.15) is 0 Å². The molecule has 0 aromatic heterocycles. The Morgan fingerprint density at radius 2 is 1.79 bits per heavy atom. The first-order valence-electron chi connectivity index (χ1n) is 9.53. The number of hydrogen-bond acceptors (Lipinski definition) is 3. The average molecular weight is 510 g/mol. The number of benzene rings is 2. The molecule has 2 aromatic rings. The van der Waals surface area contributed by atoms with Gasteiger partial charge in [0.15, 0.2) is 5.96 Å². The first-order chi connectivity index (χ1) is 13.5. The molecule has 0 atom stereocenters. The first kappa shape index (κ1) is 24.7. The number of carbonyl (C=O) groups excluding carboxylic acids is 1. The molecule has 2 aromatic carbocycles. The van der Waals surface area contributed by atoms with E-state index in [2.05, 4.69) is 27.0 Å². The maximum Gasteiger partial charge on any atom is 0.251 e. The Labute approximate surface area is 190 Å². The number of ether oxygens (including phenoxy) is 1. The SMILES string of the molecule is CN=C(NCCc1cccc(C(=O)NC)c1)NCc1cccc(OC(C)C)c1.I. The van der Waals surface area contributed by atoms with Crippen LogP contribution in [-0.4, -0.2) is 38.6 Å². The molecule has 158 valence electrons. The van der Waals surface area contributed by atoms with Gasteiger partial charge in [-0.1, -0.05) is 24.3 Å². The quantitative estimate of drug-likeness (QED) is 0.289. The molecule has 0 unspecified atom stereocenters. The van der Waals surface area contributed by atoms with Gasteiger partial charge in [0, 0.05) is 32.7 Å². The van der Waals surface area contributed by atoms with E-state index in [0.717, 1.165) is 29.3 Å². The van der Waals surface area contributed by atoms with Crippen LogP contribution < -0.4 is 20.7 Å². The van der Waals surface area contributed by atoms with Gasteiger partial charge in [-0.3, -0.25) is 9.79 Å². The van der Waals surface area contributed by atoms with Gasteiger partial charge in [0.1, 0.15) is 5.75 Å². The zero-order chi connectivity index (χ0) is 20.4. The lowest BCUT2D eigenvalue weighted by Gasteiger charge is -2.14. The van der Waals surface area contributed by atoms with E-state index in [0.29, 0.717) is 18.7 Å². The van der Waals surface area contributed by atoms with Crippen LogP contribution in [0.5, 0.6) is 5.75 Å². The van der Waals surface area contributed by atoms with Gasteiger partial charge in [0.25, 0.3) is 5.91 Å². The maximum absolute atomic E-state index is 11.7. The Morgan fingerprint density at radius 3 is 2.48 bits per heavy atom. The normalized spacial score (nSPS) is 10.9. The Bertz CT molecular complexity index is 809. The van der Waals surface area contributed by atoms with Crippen LogP contribution in [0.2, 0.25) is 0 Å². The van der Waals surface area contributed by atoms with Gasteiger partial charge >= 0.3 is 0 Å². The van der Waals surface area contributed by atoms with E-state index in [9.17, 15) is 4.79 Å². The Kier molecular flexibility index (Phi) is 11.1. The number of nitrogens with one attached hydrogen (secondary N) is 3. The van der Waals surface area contributed by atoms with Gasteiger partial charge in [-0.05, 0) is 55.7 Å². The second-order valence-corrected chi connectivity index (χ2v) is 6.70. The fourth-order valence-corrected chi connectivity index (χ4v) is 2.74. The van der Waals surface area contributed by atoms with E-state index in [4.69, 9.17) is 4.74 Å². The van der Waals surface area contributed by atoms with Crippen molar-refractivity contribution in [1.82, 2.24) is 16.0 Å². The lowest BCUT2D eigenvalue weighted by atomic mass is 10.1. The van der Waals surface area contributed by atoms with Gasteiger partial charge in [0.2, 0.25) is 0 Å². The Morgan fingerprint density at radius 1 is 1.07 bits per heavy atom. The van der Waals surface area contributed by atoms with E-state index in [1.807, 2.05) is 56.3 Å². The molecule has 0 aliphatic carbocycles. The first-order valence-corrected chi connectivity index (χ1v) is 9.53. The van der Waals surface area contributed by atoms with Crippen LogP contribution in [0.4, 0.5) is 0 Å². The Hall–Kier alpha value is -2.29.